The van der Waals surface area contributed by atoms with Crippen molar-refractivity contribution in [3.63, 3.8) is 0 Å². The van der Waals surface area contributed by atoms with E-state index in [0.29, 0.717) is 11.5 Å². The predicted octanol–water partition coefficient (Wildman–Crippen LogP) is 3.52. The minimum atomic E-state index is 0.554. The first kappa shape index (κ1) is 12.2. The van der Waals surface area contributed by atoms with Crippen molar-refractivity contribution in [2.24, 2.45) is 0 Å². The molecule has 3 rings (SSSR count). The summed E-state index contributed by atoms with van der Waals surface area (Å²) in [4.78, 5) is 8.37. The van der Waals surface area contributed by atoms with Crippen LogP contribution in [-0.4, -0.2) is 9.97 Å². The number of aromatic nitrogens is 2. The number of benzene rings is 2. The fourth-order valence-corrected chi connectivity index (χ4v) is 1.78. The van der Waals surface area contributed by atoms with Crippen molar-refractivity contribution in [3.8, 4) is 22.9 Å². The molecule has 0 saturated heterocycles. The summed E-state index contributed by atoms with van der Waals surface area (Å²) < 4.78 is 5.73. The molecule has 0 bridgehead atoms. The van der Waals surface area contributed by atoms with Crippen molar-refractivity contribution in [3.05, 3.63) is 67.0 Å². The predicted molar refractivity (Wildman–Crippen MR) is 78.4 cm³/mol. The molecule has 1 heterocycles. The molecule has 2 aromatic carbocycles. The van der Waals surface area contributed by atoms with Crippen LogP contribution in [-0.2, 0) is 0 Å². The van der Waals surface area contributed by atoms with Gasteiger partial charge in [-0.25, -0.2) is 9.97 Å². The van der Waals surface area contributed by atoms with E-state index in [2.05, 4.69) is 9.97 Å². The molecular weight excluding hydrogens is 250 g/mol. The van der Waals surface area contributed by atoms with Crippen LogP contribution >= 0.6 is 0 Å². The zero-order valence-electron chi connectivity index (χ0n) is 10.7. The fraction of sp³-hybridized carbons (Fsp3) is 0. The number of hydrogen-bond donors (Lipinski definition) is 1. The zero-order chi connectivity index (χ0) is 13.8. The first-order valence-electron chi connectivity index (χ1n) is 6.22. The molecule has 3 aromatic rings. The van der Waals surface area contributed by atoms with Gasteiger partial charge in [0.1, 0.15) is 11.5 Å². The summed E-state index contributed by atoms with van der Waals surface area (Å²) >= 11 is 0. The Bertz CT molecular complexity index is 679. The van der Waals surface area contributed by atoms with Crippen molar-refractivity contribution in [1.29, 1.82) is 0 Å². The molecular formula is C16H13N3O. The molecule has 0 atom stereocenters. The molecule has 0 saturated carbocycles. The Kier molecular flexibility index (Phi) is 3.29. The molecule has 0 spiro atoms. The first-order chi connectivity index (χ1) is 9.81. The molecule has 1 aromatic heterocycles. The lowest BCUT2D eigenvalue weighted by atomic mass is 10.2. The molecule has 4 nitrogen and oxygen atoms in total. The van der Waals surface area contributed by atoms with Gasteiger partial charge in [-0.1, -0.05) is 18.2 Å². The van der Waals surface area contributed by atoms with Crippen molar-refractivity contribution >= 4 is 5.69 Å². The molecule has 20 heavy (non-hydrogen) atoms. The maximum atomic E-state index is 5.73. The lowest BCUT2D eigenvalue weighted by Crippen LogP contribution is -1.92. The summed E-state index contributed by atoms with van der Waals surface area (Å²) in [5.41, 5.74) is 7.04. The topological polar surface area (TPSA) is 61.0 Å². The molecule has 98 valence electrons. The minimum Gasteiger partial charge on any atom is -0.457 e. The lowest BCUT2D eigenvalue weighted by molar-refractivity contribution is 0.483. The SMILES string of the molecule is Nc1cnc(-c2ccc(Oc3ccccc3)cc2)nc1. The summed E-state index contributed by atoms with van der Waals surface area (Å²) in [6.45, 7) is 0. The standard InChI is InChI=1S/C16H13N3O/c17-13-10-18-16(19-11-13)12-6-8-15(9-7-12)20-14-4-2-1-3-5-14/h1-11H,17H2. The Morgan fingerprint density at radius 2 is 1.35 bits per heavy atom. The highest BCUT2D eigenvalue weighted by molar-refractivity contribution is 5.57. The second kappa shape index (κ2) is 5.40. The summed E-state index contributed by atoms with van der Waals surface area (Å²) in [7, 11) is 0. The van der Waals surface area contributed by atoms with E-state index in [0.717, 1.165) is 17.1 Å². The number of rotatable bonds is 3. The summed E-state index contributed by atoms with van der Waals surface area (Å²) in [5, 5.41) is 0. The molecule has 2 N–H and O–H groups in total. The number of anilines is 1. The highest BCUT2D eigenvalue weighted by Crippen LogP contribution is 2.24. The van der Waals surface area contributed by atoms with Crippen LogP contribution in [0, 0.1) is 0 Å². The normalized spacial score (nSPS) is 10.2. The maximum Gasteiger partial charge on any atom is 0.159 e. The van der Waals surface area contributed by atoms with E-state index in [1.165, 1.54) is 0 Å². The van der Waals surface area contributed by atoms with Crippen molar-refractivity contribution in [2.45, 2.75) is 0 Å². The Morgan fingerprint density at radius 3 is 2.00 bits per heavy atom. The van der Waals surface area contributed by atoms with Gasteiger partial charge in [0, 0.05) is 5.56 Å². The Balaban J connectivity index is 1.79. The summed E-state index contributed by atoms with van der Waals surface area (Å²) in [6, 6.07) is 17.3. The number of ether oxygens (including phenoxy) is 1. The molecule has 0 amide bonds. The minimum absolute atomic E-state index is 0.554. The smallest absolute Gasteiger partial charge is 0.159 e. The number of nitrogens with zero attached hydrogens (tertiary/aromatic N) is 2. The monoisotopic (exact) mass is 263 g/mol. The number of nitrogens with two attached hydrogens (primary N) is 1. The average Bonchev–Trinajstić information content (AvgIpc) is 2.50. The van der Waals surface area contributed by atoms with Crippen LogP contribution in [0.25, 0.3) is 11.4 Å². The second-order valence-corrected chi connectivity index (χ2v) is 4.28. The van der Waals surface area contributed by atoms with Gasteiger partial charge in [0.05, 0.1) is 18.1 Å². The van der Waals surface area contributed by atoms with Crippen LogP contribution in [0.1, 0.15) is 0 Å². The third-order valence-electron chi connectivity index (χ3n) is 2.76. The lowest BCUT2D eigenvalue weighted by Gasteiger charge is -2.06. The fourth-order valence-electron chi connectivity index (χ4n) is 1.78. The van der Waals surface area contributed by atoms with Gasteiger partial charge < -0.3 is 10.5 Å². The largest absolute Gasteiger partial charge is 0.457 e. The summed E-state index contributed by atoms with van der Waals surface area (Å²) in [5.74, 6) is 2.23. The van der Waals surface area contributed by atoms with Crippen molar-refractivity contribution < 1.29 is 4.74 Å². The maximum absolute atomic E-state index is 5.73. The molecule has 0 aliphatic rings. The van der Waals surface area contributed by atoms with E-state index in [9.17, 15) is 0 Å². The van der Waals surface area contributed by atoms with E-state index < -0.39 is 0 Å². The highest BCUT2D eigenvalue weighted by Gasteiger charge is 2.02. The Hall–Kier alpha value is -2.88. The van der Waals surface area contributed by atoms with Crippen LogP contribution in [0.15, 0.2) is 67.0 Å². The molecule has 0 aliphatic carbocycles. The van der Waals surface area contributed by atoms with E-state index in [4.69, 9.17) is 10.5 Å². The quantitative estimate of drug-likeness (QED) is 0.785. The van der Waals surface area contributed by atoms with Gasteiger partial charge in [-0.15, -0.1) is 0 Å². The summed E-state index contributed by atoms with van der Waals surface area (Å²) in [6.07, 6.45) is 3.19. The highest BCUT2D eigenvalue weighted by atomic mass is 16.5. The van der Waals surface area contributed by atoms with Gasteiger partial charge in [0.15, 0.2) is 5.82 Å². The van der Waals surface area contributed by atoms with Crippen LogP contribution in [0.3, 0.4) is 0 Å². The number of para-hydroxylation sites is 1. The van der Waals surface area contributed by atoms with Gasteiger partial charge in [-0.05, 0) is 36.4 Å². The van der Waals surface area contributed by atoms with Crippen LogP contribution in [0.5, 0.6) is 11.5 Å². The first-order valence-corrected chi connectivity index (χ1v) is 6.22. The Morgan fingerprint density at radius 1 is 0.750 bits per heavy atom. The Labute approximate surface area is 116 Å². The van der Waals surface area contributed by atoms with Gasteiger partial charge in [-0.2, -0.15) is 0 Å². The van der Waals surface area contributed by atoms with E-state index in [-0.39, 0.29) is 0 Å². The molecule has 0 unspecified atom stereocenters. The van der Waals surface area contributed by atoms with Crippen LogP contribution in [0.4, 0.5) is 5.69 Å². The molecule has 0 radical (unpaired) electrons. The molecule has 4 heteroatoms. The van der Waals surface area contributed by atoms with E-state index >= 15 is 0 Å². The average molecular weight is 263 g/mol. The molecule has 0 fully saturated rings. The third kappa shape index (κ3) is 2.75. The van der Waals surface area contributed by atoms with Crippen LogP contribution < -0.4 is 10.5 Å². The van der Waals surface area contributed by atoms with E-state index in [1.807, 2.05) is 54.6 Å². The number of nitrogen functional groups attached to an aromatic ring is 1. The molecule has 0 aliphatic heterocycles. The number of hydrogen-bond acceptors (Lipinski definition) is 4. The van der Waals surface area contributed by atoms with Crippen molar-refractivity contribution in [1.82, 2.24) is 9.97 Å². The van der Waals surface area contributed by atoms with Gasteiger partial charge in [-0.3, -0.25) is 0 Å². The van der Waals surface area contributed by atoms with Crippen molar-refractivity contribution in [2.75, 3.05) is 5.73 Å². The second-order valence-electron chi connectivity index (χ2n) is 4.28. The van der Waals surface area contributed by atoms with E-state index in [1.54, 1.807) is 12.4 Å². The van der Waals surface area contributed by atoms with Crippen LogP contribution in [0.2, 0.25) is 0 Å². The third-order valence-corrected chi connectivity index (χ3v) is 2.76. The van der Waals surface area contributed by atoms with Gasteiger partial charge in [0.25, 0.3) is 0 Å². The van der Waals surface area contributed by atoms with Gasteiger partial charge >= 0.3 is 0 Å². The van der Waals surface area contributed by atoms with Gasteiger partial charge in [0.2, 0.25) is 0 Å². The zero-order valence-corrected chi connectivity index (χ0v) is 10.7.